The van der Waals surface area contributed by atoms with E-state index < -0.39 is 47.0 Å². The summed E-state index contributed by atoms with van der Waals surface area (Å²) in [5.41, 5.74) is 0.558. The summed E-state index contributed by atoms with van der Waals surface area (Å²) in [6, 6.07) is 16.8. The summed E-state index contributed by atoms with van der Waals surface area (Å²) in [6.45, 7) is 0.823. The number of nitrogens with zero attached hydrogens (tertiary/aromatic N) is 1. The number of hydrogen-bond acceptors (Lipinski definition) is 9. The third-order valence-corrected chi connectivity index (χ3v) is 5.73. The van der Waals surface area contributed by atoms with Crippen LogP contribution in [0.15, 0.2) is 72.8 Å². The third kappa shape index (κ3) is 8.57. The molecule has 0 heterocycles. The second-order valence-electron chi connectivity index (χ2n) is 8.44. The highest BCUT2D eigenvalue weighted by atomic mass is 35.5. The standard InChI is InChI=1S/C28H23ClN2O9/c1-17(27(35)18-5-9-21(29)10-6-18)40-26(34)14-13-25(33)30-22-11-7-19(8-12-22)28(36)39-16-24(32)20-3-2-4-23(15-20)31(37)38/h2-12,15,17H,13-14,16H2,1H3,(H,30,33)/t17-/m0/s1. The van der Waals surface area contributed by atoms with E-state index >= 15 is 0 Å². The van der Waals surface area contributed by atoms with E-state index in [1.165, 1.54) is 61.5 Å². The second-order valence-corrected chi connectivity index (χ2v) is 8.87. The lowest BCUT2D eigenvalue weighted by atomic mass is 10.1. The molecule has 3 rings (SSSR count). The normalized spacial score (nSPS) is 11.2. The van der Waals surface area contributed by atoms with Crippen LogP contribution in [0.25, 0.3) is 0 Å². The first-order valence-corrected chi connectivity index (χ1v) is 12.2. The number of nitro groups is 1. The average molecular weight is 567 g/mol. The van der Waals surface area contributed by atoms with E-state index in [9.17, 15) is 34.1 Å². The minimum Gasteiger partial charge on any atom is -0.454 e. The number of Topliss-reactive ketones (excluding diaryl/α,β-unsaturated/α-hetero) is 2. The van der Waals surface area contributed by atoms with Crippen molar-refractivity contribution in [3.05, 3.63) is 105 Å². The number of ether oxygens (including phenoxy) is 2. The number of hydrogen-bond donors (Lipinski definition) is 1. The van der Waals surface area contributed by atoms with Crippen LogP contribution >= 0.6 is 11.6 Å². The number of ketones is 2. The number of nitro benzene ring substituents is 1. The van der Waals surface area contributed by atoms with Crippen molar-refractivity contribution in [3.8, 4) is 0 Å². The van der Waals surface area contributed by atoms with E-state index in [-0.39, 0.29) is 29.7 Å². The number of carbonyl (C=O) groups excluding carboxylic acids is 5. The molecule has 0 bridgehead atoms. The van der Waals surface area contributed by atoms with Crippen LogP contribution in [0.3, 0.4) is 0 Å². The lowest BCUT2D eigenvalue weighted by Crippen LogP contribution is -2.25. The van der Waals surface area contributed by atoms with Gasteiger partial charge in [-0.1, -0.05) is 23.7 Å². The highest BCUT2D eigenvalue weighted by Crippen LogP contribution is 2.16. The van der Waals surface area contributed by atoms with E-state index in [2.05, 4.69) is 5.32 Å². The molecule has 1 atom stereocenters. The van der Waals surface area contributed by atoms with Gasteiger partial charge in [-0.2, -0.15) is 0 Å². The molecule has 3 aromatic carbocycles. The van der Waals surface area contributed by atoms with Crippen LogP contribution in [-0.4, -0.2) is 47.0 Å². The fourth-order valence-electron chi connectivity index (χ4n) is 3.38. The van der Waals surface area contributed by atoms with Gasteiger partial charge in [-0.3, -0.25) is 29.3 Å². The quantitative estimate of drug-likeness (QED) is 0.140. The molecule has 0 aliphatic rings. The fourth-order valence-corrected chi connectivity index (χ4v) is 3.50. The van der Waals surface area contributed by atoms with Gasteiger partial charge in [0.1, 0.15) is 0 Å². The number of halogens is 1. The van der Waals surface area contributed by atoms with Crippen molar-refractivity contribution in [1.82, 2.24) is 0 Å². The number of benzene rings is 3. The molecular formula is C28H23ClN2O9. The number of non-ortho nitro benzene ring substituents is 1. The molecule has 0 aliphatic heterocycles. The monoisotopic (exact) mass is 566 g/mol. The molecule has 1 N–H and O–H groups in total. The first-order chi connectivity index (χ1) is 19.0. The van der Waals surface area contributed by atoms with Crippen molar-refractivity contribution in [2.45, 2.75) is 25.9 Å². The molecule has 0 saturated heterocycles. The molecule has 206 valence electrons. The Bertz CT molecular complexity index is 1440. The molecule has 40 heavy (non-hydrogen) atoms. The van der Waals surface area contributed by atoms with Crippen molar-refractivity contribution >= 4 is 52.4 Å². The molecule has 12 heteroatoms. The fraction of sp³-hybridized carbons (Fsp3) is 0.179. The minimum absolute atomic E-state index is 0.0338. The Morgan fingerprint density at radius 2 is 1.55 bits per heavy atom. The molecule has 11 nitrogen and oxygen atoms in total. The summed E-state index contributed by atoms with van der Waals surface area (Å²) < 4.78 is 10.1. The van der Waals surface area contributed by atoms with Crippen LogP contribution in [0.1, 0.15) is 50.8 Å². The average Bonchev–Trinajstić information content (AvgIpc) is 2.95. The lowest BCUT2D eigenvalue weighted by Gasteiger charge is -2.12. The highest BCUT2D eigenvalue weighted by molar-refractivity contribution is 6.30. The maximum Gasteiger partial charge on any atom is 0.338 e. The number of esters is 2. The maximum atomic E-state index is 12.3. The molecule has 0 unspecified atom stereocenters. The Morgan fingerprint density at radius 3 is 2.20 bits per heavy atom. The van der Waals surface area contributed by atoms with Gasteiger partial charge in [0.15, 0.2) is 12.7 Å². The second kappa shape index (κ2) is 13.8. The molecular weight excluding hydrogens is 544 g/mol. The largest absolute Gasteiger partial charge is 0.454 e. The van der Waals surface area contributed by atoms with E-state index in [4.69, 9.17) is 21.1 Å². The molecule has 0 spiro atoms. The SMILES string of the molecule is C[C@H](OC(=O)CCC(=O)Nc1ccc(C(=O)OCC(=O)c2cccc([N+](=O)[O-])c2)cc1)C(=O)c1ccc(Cl)cc1. The van der Waals surface area contributed by atoms with Gasteiger partial charge in [0.05, 0.1) is 16.9 Å². The van der Waals surface area contributed by atoms with Gasteiger partial charge in [-0.15, -0.1) is 0 Å². The van der Waals surface area contributed by atoms with E-state index in [1.54, 1.807) is 12.1 Å². The number of amides is 1. The van der Waals surface area contributed by atoms with Crippen LogP contribution in [0.5, 0.6) is 0 Å². The maximum absolute atomic E-state index is 12.3. The number of nitrogens with one attached hydrogen (secondary N) is 1. The minimum atomic E-state index is -1.04. The molecule has 0 fully saturated rings. The first-order valence-electron chi connectivity index (χ1n) is 11.9. The molecule has 0 aliphatic carbocycles. The van der Waals surface area contributed by atoms with Gasteiger partial charge < -0.3 is 14.8 Å². The lowest BCUT2D eigenvalue weighted by molar-refractivity contribution is -0.384. The Labute approximate surface area is 233 Å². The van der Waals surface area contributed by atoms with Crippen LogP contribution in [-0.2, 0) is 19.1 Å². The topological polar surface area (TPSA) is 159 Å². The summed E-state index contributed by atoms with van der Waals surface area (Å²) in [6.07, 6.45) is -1.50. The van der Waals surface area contributed by atoms with E-state index in [0.717, 1.165) is 6.07 Å². The zero-order valence-corrected chi connectivity index (χ0v) is 21.9. The summed E-state index contributed by atoms with van der Waals surface area (Å²) in [4.78, 5) is 71.3. The number of anilines is 1. The summed E-state index contributed by atoms with van der Waals surface area (Å²) in [7, 11) is 0. The van der Waals surface area contributed by atoms with E-state index in [1.807, 2.05) is 0 Å². The number of carbonyl (C=O) groups is 5. The molecule has 0 saturated carbocycles. The smallest absolute Gasteiger partial charge is 0.338 e. The summed E-state index contributed by atoms with van der Waals surface area (Å²) >= 11 is 5.80. The highest BCUT2D eigenvalue weighted by Gasteiger charge is 2.20. The molecule has 0 radical (unpaired) electrons. The van der Waals surface area contributed by atoms with Gasteiger partial charge in [-0.25, -0.2) is 4.79 Å². The molecule has 1 amide bonds. The van der Waals surface area contributed by atoms with Crippen molar-refractivity contribution in [2.75, 3.05) is 11.9 Å². The molecule has 3 aromatic rings. The Kier molecular flexibility index (Phi) is 10.2. The van der Waals surface area contributed by atoms with Crippen molar-refractivity contribution in [3.63, 3.8) is 0 Å². The van der Waals surface area contributed by atoms with Crippen molar-refractivity contribution in [1.29, 1.82) is 0 Å². The number of rotatable bonds is 12. The van der Waals surface area contributed by atoms with Crippen LogP contribution in [0.2, 0.25) is 5.02 Å². The van der Waals surface area contributed by atoms with Crippen LogP contribution in [0, 0.1) is 10.1 Å². The van der Waals surface area contributed by atoms with E-state index in [0.29, 0.717) is 16.3 Å². The van der Waals surface area contributed by atoms with Gasteiger partial charge in [-0.05, 0) is 55.5 Å². The van der Waals surface area contributed by atoms with Crippen LogP contribution < -0.4 is 5.32 Å². The zero-order chi connectivity index (χ0) is 29.2. The first kappa shape index (κ1) is 29.7. The predicted octanol–water partition coefficient (Wildman–Crippen LogP) is 4.82. The van der Waals surface area contributed by atoms with Gasteiger partial charge >= 0.3 is 11.9 Å². The van der Waals surface area contributed by atoms with Crippen molar-refractivity contribution in [2.24, 2.45) is 0 Å². The zero-order valence-electron chi connectivity index (χ0n) is 21.1. The Morgan fingerprint density at radius 1 is 0.900 bits per heavy atom. The Balaban J connectivity index is 1.42. The van der Waals surface area contributed by atoms with Gasteiger partial charge in [0.2, 0.25) is 17.5 Å². The van der Waals surface area contributed by atoms with Crippen molar-refractivity contribution < 1.29 is 38.4 Å². The van der Waals surface area contributed by atoms with Gasteiger partial charge in [0, 0.05) is 40.4 Å². The summed E-state index contributed by atoms with van der Waals surface area (Å²) in [5, 5.41) is 13.9. The Hall–Kier alpha value is -4.90. The van der Waals surface area contributed by atoms with Gasteiger partial charge in [0.25, 0.3) is 5.69 Å². The van der Waals surface area contributed by atoms with Crippen LogP contribution in [0.4, 0.5) is 11.4 Å². The predicted molar refractivity (Wildman–Crippen MR) is 143 cm³/mol. The third-order valence-electron chi connectivity index (χ3n) is 5.48. The summed E-state index contributed by atoms with van der Waals surface area (Å²) in [5.74, 6) is -3.03. The molecule has 0 aromatic heterocycles.